The summed E-state index contributed by atoms with van der Waals surface area (Å²) in [6.07, 6.45) is 4.70. The van der Waals surface area contributed by atoms with Crippen LogP contribution in [0.3, 0.4) is 0 Å². The topological polar surface area (TPSA) is 113 Å². The summed E-state index contributed by atoms with van der Waals surface area (Å²) in [5.41, 5.74) is 0.669. The van der Waals surface area contributed by atoms with Crippen molar-refractivity contribution < 1.29 is 23.1 Å². The number of halogens is 3. The highest BCUT2D eigenvalue weighted by Crippen LogP contribution is 2.50. The summed E-state index contributed by atoms with van der Waals surface area (Å²) in [6, 6.07) is 3.60. The number of likely N-dealkylation sites (tertiary alicyclic amines) is 1. The van der Waals surface area contributed by atoms with Gasteiger partial charge >= 0.3 is 0 Å². The number of amides is 2. The Morgan fingerprint density at radius 1 is 1.24 bits per heavy atom. The van der Waals surface area contributed by atoms with Gasteiger partial charge in [0.15, 0.2) is 5.82 Å². The predicted molar refractivity (Wildman–Crippen MR) is 130 cm³/mol. The molecule has 194 valence electrons. The number of hydrogen-bond donors (Lipinski definition) is 2. The first-order chi connectivity index (χ1) is 17.7. The van der Waals surface area contributed by atoms with Gasteiger partial charge in [-0.05, 0) is 44.7 Å². The molecule has 1 spiro atoms. The molecule has 1 aliphatic heterocycles. The number of pyridine rings is 2. The van der Waals surface area contributed by atoms with Crippen molar-refractivity contribution in [3.63, 3.8) is 0 Å². The Labute approximate surface area is 216 Å². The standard InChI is InChI=1S/C25H25ClF2N6O3/c1-13(22-17(26)7-15(27)11-30-22)31-23(35)14-3-6-34(25(10-14)4-5-25)24(36)20-9-19(32-33-20)16-8-21(37-2)29-12-18(16)28/h7-9,11-14H,3-6,10H2,1-2H3,(H,31,35)(H,32,33)/t13-,14?/m0/s1. The summed E-state index contributed by atoms with van der Waals surface area (Å²) >= 11 is 6.09. The Bertz CT molecular complexity index is 1360. The van der Waals surface area contributed by atoms with Crippen LogP contribution >= 0.6 is 11.6 Å². The molecular weight excluding hydrogens is 506 g/mol. The number of nitrogens with one attached hydrogen (secondary N) is 2. The van der Waals surface area contributed by atoms with Crippen LogP contribution in [0.1, 0.15) is 54.8 Å². The molecule has 2 aliphatic rings. The number of nitrogens with zero attached hydrogens (tertiary/aromatic N) is 4. The molecule has 9 nitrogen and oxygen atoms in total. The van der Waals surface area contributed by atoms with E-state index in [1.165, 1.54) is 19.2 Å². The summed E-state index contributed by atoms with van der Waals surface area (Å²) in [5.74, 6) is -1.58. The smallest absolute Gasteiger partial charge is 0.272 e. The first-order valence-electron chi connectivity index (χ1n) is 11.9. The van der Waals surface area contributed by atoms with Gasteiger partial charge in [0.05, 0.1) is 42.0 Å². The van der Waals surface area contributed by atoms with Gasteiger partial charge in [-0.25, -0.2) is 13.8 Å². The van der Waals surface area contributed by atoms with Crippen LogP contribution in [0, 0.1) is 17.6 Å². The third-order valence-corrected chi connectivity index (χ3v) is 7.37. The van der Waals surface area contributed by atoms with Crippen molar-refractivity contribution in [2.75, 3.05) is 13.7 Å². The number of hydrogen-bond acceptors (Lipinski definition) is 6. The number of methoxy groups -OCH3 is 1. The number of aromatic amines is 1. The lowest BCUT2D eigenvalue weighted by Crippen LogP contribution is -2.51. The van der Waals surface area contributed by atoms with E-state index in [4.69, 9.17) is 16.3 Å². The summed E-state index contributed by atoms with van der Waals surface area (Å²) < 4.78 is 32.7. The van der Waals surface area contributed by atoms with Crippen LogP contribution in [0.4, 0.5) is 8.78 Å². The van der Waals surface area contributed by atoms with Gasteiger partial charge in [0, 0.05) is 29.6 Å². The van der Waals surface area contributed by atoms with E-state index >= 15 is 0 Å². The van der Waals surface area contributed by atoms with Crippen molar-refractivity contribution in [2.24, 2.45) is 5.92 Å². The maximum Gasteiger partial charge on any atom is 0.272 e. The SMILES string of the molecule is COc1cc(-c2cc(C(=O)N3CCC(C(=O)N[C@@H](C)c4ncc(F)cc4Cl)CC34CC4)[nH]n2)c(F)cn1. The molecule has 2 amide bonds. The Balaban J connectivity index is 1.26. The molecule has 3 aromatic heterocycles. The second-order valence-electron chi connectivity index (χ2n) is 9.50. The van der Waals surface area contributed by atoms with E-state index in [1.807, 2.05) is 0 Å². The largest absolute Gasteiger partial charge is 0.481 e. The van der Waals surface area contributed by atoms with E-state index in [0.717, 1.165) is 31.3 Å². The molecule has 0 aromatic carbocycles. The van der Waals surface area contributed by atoms with E-state index in [2.05, 4.69) is 25.5 Å². The molecule has 2 N–H and O–H groups in total. The van der Waals surface area contributed by atoms with Crippen molar-refractivity contribution in [1.82, 2.24) is 30.4 Å². The van der Waals surface area contributed by atoms with Gasteiger partial charge in [0.2, 0.25) is 11.8 Å². The minimum absolute atomic E-state index is 0.149. The maximum atomic E-state index is 14.3. The van der Waals surface area contributed by atoms with Crippen LogP contribution in [-0.4, -0.2) is 56.1 Å². The molecule has 37 heavy (non-hydrogen) atoms. The average molecular weight is 531 g/mol. The van der Waals surface area contributed by atoms with Gasteiger partial charge in [-0.1, -0.05) is 11.6 Å². The van der Waals surface area contributed by atoms with E-state index in [0.29, 0.717) is 25.1 Å². The molecule has 2 atom stereocenters. The van der Waals surface area contributed by atoms with E-state index in [9.17, 15) is 18.4 Å². The van der Waals surface area contributed by atoms with Crippen LogP contribution in [-0.2, 0) is 4.79 Å². The van der Waals surface area contributed by atoms with Crippen LogP contribution < -0.4 is 10.1 Å². The monoisotopic (exact) mass is 530 g/mol. The van der Waals surface area contributed by atoms with E-state index in [-0.39, 0.29) is 45.6 Å². The van der Waals surface area contributed by atoms with Crippen LogP contribution in [0.2, 0.25) is 5.02 Å². The molecule has 2 fully saturated rings. The Hall–Kier alpha value is -3.60. The minimum atomic E-state index is -0.580. The highest BCUT2D eigenvalue weighted by Gasteiger charge is 2.54. The van der Waals surface area contributed by atoms with Crippen molar-refractivity contribution in [2.45, 2.75) is 44.2 Å². The van der Waals surface area contributed by atoms with Gasteiger partial charge in [0.25, 0.3) is 5.91 Å². The molecular formula is C25H25ClF2N6O3. The van der Waals surface area contributed by atoms with Gasteiger partial charge in [-0.3, -0.25) is 19.7 Å². The molecule has 1 unspecified atom stereocenters. The number of aromatic nitrogens is 4. The highest BCUT2D eigenvalue weighted by atomic mass is 35.5. The lowest BCUT2D eigenvalue weighted by Gasteiger charge is -2.39. The van der Waals surface area contributed by atoms with Gasteiger partial charge in [-0.15, -0.1) is 0 Å². The Kier molecular flexibility index (Phi) is 6.57. The number of ether oxygens (including phenoxy) is 1. The summed E-state index contributed by atoms with van der Waals surface area (Å²) in [5, 5.41) is 9.92. The quantitative estimate of drug-likeness (QED) is 0.497. The second-order valence-corrected chi connectivity index (χ2v) is 9.90. The molecule has 3 aromatic rings. The predicted octanol–water partition coefficient (Wildman–Crippen LogP) is 4.07. The summed E-state index contributed by atoms with van der Waals surface area (Å²) in [4.78, 5) is 36.0. The number of carbonyl (C=O) groups excluding carboxylic acids is 2. The molecule has 0 radical (unpaired) electrons. The number of piperidine rings is 1. The zero-order valence-electron chi connectivity index (χ0n) is 20.2. The number of rotatable bonds is 6. The van der Waals surface area contributed by atoms with E-state index in [1.54, 1.807) is 11.8 Å². The van der Waals surface area contributed by atoms with Crippen molar-refractivity contribution in [3.8, 4) is 17.1 Å². The molecule has 0 bridgehead atoms. The fourth-order valence-electron chi connectivity index (χ4n) is 4.94. The molecule has 12 heteroatoms. The lowest BCUT2D eigenvalue weighted by atomic mass is 9.87. The summed E-state index contributed by atoms with van der Waals surface area (Å²) in [6.45, 7) is 2.14. The van der Waals surface area contributed by atoms with Gasteiger partial charge < -0.3 is 15.0 Å². The average Bonchev–Trinajstić information content (AvgIpc) is 3.45. The zero-order valence-corrected chi connectivity index (χ0v) is 21.0. The second kappa shape index (κ2) is 9.70. The first kappa shape index (κ1) is 25.1. The van der Waals surface area contributed by atoms with Crippen LogP contribution in [0.5, 0.6) is 5.88 Å². The van der Waals surface area contributed by atoms with Crippen molar-refractivity contribution in [3.05, 3.63) is 58.6 Å². The van der Waals surface area contributed by atoms with Gasteiger partial charge in [0.1, 0.15) is 11.5 Å². The molecule has 1 aliphatic carbocycles. The highest BCUT2D eigenvalue weighted by molar-refractivity contribution is 6.31. The number of carbonyl (C=O) groups is 2. The Morgan fingerprint density at radius 2 is 2.03 bits per heavy atom. The third kappa shape index (κ3) is 4.87. The molecule has 5 rings (SSSR count). The zero-order chi connectivity index (χ0) is 26.3. The third-order valence-electron chi connectivity index (χ3n) is 7.07. The maximum absolute atomic E-state index is 14.3. The number of H-pyrrole nitrogens is 1. The normalized spacial score (nSPS) is 18.9. The molecule has 1 saturated carbocycles. The fourth-order valence-corrected chi connectivity index (χ4v) is 5.25. The van der Waals surface area contributed by atoms with Crippen LogP contribution in [0.15, 0.2) is 30.6 Å². The van der Waals surface area contributed by atoms with Crippen molar-refractivity contribution >= 4 is 23.4 Å². The van der Waals surface area contributed by atoms with Crippen LogP contribution in [0.25, 0.3) is 11.3 Å². The first-order valence-corrected chi connectivity index (χ1v) is 12.3. The lowest BCUT2D eigenvalue weighted by molar-refractivity contribution is -0.128. The van der Waals surface area contributed by atoms with E-state index < -0.39 is 23.2 Å². The minimum Gasteiger partial charge on any atom is -0.481 e. The van der Waals surface area contributed by atoms with Gasteiger partial charge in [-0.2, -0.15) is 5.10 Å². The van der Waals surface area contributed by atoms with Crippen molar-refractivity contribution in [1.29, 1.82) is 0 Å². The molecule has 4 heterocycles. The fraction of sp³-hybridized carbons (Fsp3) is 0.400. The Morgan fingerprint density at radius 3 is 2.73 bits per heavy atom. The summed E-state index contributed by atoms with van der Waals surface area (Å²) in [7, 11) is 1.43. The molecule has 1 saturated heterocycles.